The lowest BCUT2D eigenvalue weighted by Crippen LogP contribution is -2.69. The summed E-state index contributed by atoms with van der Waals surface area (Å²) in [6.07, 6.45) is 5.33. The fourth-order valence-electron chi connectivity index (χ4n) is 10.3. The molecule has 4 N–H and O–H groups in total. The maximum Gasteiger partial charge on any atom is 0.331 e. The van der Waals surface area contributed by atoms with Gasteiger partial charge in [0.1, 0.15) is 25.3 Å². The van der Waals surface area contributed by atoms with Crippen LogP contribution in [0.15, 0.2) is 42.0 Å². The van der Waals surface area contributed by atoms with Crippen molar-refractivity contribution >= 4 is 18.5 Å². The highest BCUT2D eigenvalue weighted by atomic mass is 16.7. The van der Waals surface area contributed by atoms with Crippen LogP contribution in [0.4, 0.5) is 0 Å². The Balaban J connectivity index is 0.000000407. The molecule has 1 aromatic rings. The molecule has 1 saturated heterocycles. The number of hydrogen-bond donors (Lipinski definition) is 4. The largest absolute Gasteiger partial charge is 0.458 e. The molecule has 4 aliphatic carbocycles. The zero-order valence-corrected chi connectivity index (χ0v) is 26.8. The number of aldehydes is 2. The number of carbonyl (C=O) groups is 3. The lowest BCUT2D eigenvalue weighted by Gasteiger charge is -2.65. The zero-order valence-electron chi connectivity index (χ0n) is 26.8. The third kappa shape index (κ3) is 5.39. The monoisotopic (exact) mass is 640 g/mol. The van der Waals surface area contributed by atoms with Crippen LogP contribution in [0.3, 0.4) is 0 Å². The molecule has 0 bridgehead atoms. The van der Waals surface area contributed by atoms with Crippen LogP contribution in [-0.2, 0) is 23.8 Å². The third-order valence-corrected chi connectivity index (χ3v) is 12.8. The van der Waals surface area contributed by atoms with Crippen LogP contribution >= 0.6 is 0 Å². The number of esters is 1. The van der Waals surface area contributed by atoms with Crippen LogP contribution < -0.4 is 0 Å². The minimum Gasteiger partial charge on any atom is -0.458 e. The Labute approximate surface area is 270 Å². The molecule has 2 aliphatic heterocycles. The average molecular weight is 641 g/mol. The van der Waals surface area contributed by atoms with E-state index in [1.807, 2.05) is 18.2 Å². The van der Waals surface area contributed by atoms with Gasteiger partial charge in [0.25, 0.3) is 0 Å². The quantitative estimate of drug-likeness (QED) is 0.214. The molecule has 4 saturated carbocycles. The lowest BCUT2D eigenvalue weighted by molar-refractivity contribution is -0.286. The van der Waals surface area contributed by atoms with E-state index in [-0.39, 0.29) is 36.2 Å². The molecule has 0 radical (unpaired) electrons. The number of cyclic esters (lactones) is 1. The highest BCUT2D eigenvalue weighted by Gasteiger charge is 2.71. The predicted octanol–water partition coefficient (Wildman–Crippen LogP) is 3.28. The molecule has 1 aromatic carbocycles. The van der Waals surface area contributed by atoms with E-state index < -0.39 is 46.6 Å². The summed E-state index contributed by atoms with van der Waals surface area (Å²) < 4.78 is 17.1. The molecule has 0 amide bonds. The van der Waals surface area contributed by atoms with E-state index in [2.05, 4.69) is 6.92 Å². The van der Waals surface area contributed by atoms with Gasteiger partial charge in [-0.05, 0) is 81.6 Å². The molecule has 0 unspecified atom stereocenters. The molecule has 10 nitrogen and oxygen atoms in total. The van der Waals surface area contributed by atoms with Crippen molar-refractivity contribution in [2.75, 3.05) is 6.61 Å². The highest BCUT2D eigenvalue weighted by Crippen LogP contribution is 2.70. The zero-order chi connectivity index (χ0) is 32.9. The first-order valence-corrected chi connectivity index (χ1v) is 16.9. The molecule has 46 heavy (non-hydrogen) atoms. The molecule has 252 valence electrons. The van der Waals surface area contributed by atoms with Gasteiger partial charge in [0.2, 0.25) is 0 Å². The number of carbonyl (C=O) groups excluding carboxylic acids is 3. The van der Waals surface area contributed by atoms with Crippen LogP contribution in [0.5, 0.6) is 0 Å². The Bertz CT molecular complexity index is 1320. The van der Waals surface area contributed by atoms with Crippen LogP contribution in [0.1, 0.15) is 88.4 Å². The number of hydrogen-bond acceptors (Lipinski definition) is 10. The average Bonchev–Trinajstić information content (AvgIpc) is 3.59. The number of fused-ring (bicyclic) bond motifs is 5. The van der Waals surface area contributed by atoms with Gasteiger partial charge in [0.15, 0.2) is 6.29 Å². The number of ether oxygens (including phenoxy) is 3. The third-order valence-electron chi connectivity index (χ3n) is 12.8. The number of aliphatic hydroxyl groups excluding tert-OH is 2. The van der Waals surface area contributed by atoms with Gasteiger partial charge in [0.05, 0.1) is 34.9 Å². The SMILES string of the molecule is C[C@H]1O[C@@H](O[C@H]2CC[C@]3(C=O)[C@H]4CC[C@]5(C)[C@@H](C6=CC(=O)OC6)CC[C@]5(O)[C@@H]4CC[C@]3(O)C2)C[C@H](O)[C@@H]1O.O=Cc1ccccc1. The van der Waals surface area contributed by atoms with Gasteiger partial charge in [-0.25, -0.2) is 4.79 Å². The Morgan fingerprint density at radius 1 is 0.957 bits per heavy atom. The van der Waals surface area contributed by atoms with Crippen LogP contribution in [0, 0.1) is 28.6 Å². The van der Waals surface area contributed by atoms with E-state index in [4.69, 9.17) is 14.2 Å². The van der Waals surface area contributed by atoms with E-state index in [0.29, 0.717) is 45.1 Å². The van der Waals surface area contributed by atoms with Crippen molar-refractivity contribution < 1.29 is 49.0 Å². The van der Waals surface area contributed by atoms with Crippen molar-refractivity contribution in [2.45, 2.75) is 120 Å². The summed E-state index contributed by atoms with van der Waals surface area (Å²) in [5.41, 5.74) is -1.87. The van der Waals surface area contributed by atoms with Crippen molar-refractivity contribution in [3.05, 3.63) is 47.5 Å². The molecule has 0 spiro atoms. The summed E-state index contributed by atoms with van der Waals surface area (Å²) in [6.45, 7) is 4.13. The summed E-state index contributed by atoms with van der Waals surface area (Å²) in [4.78, 5) is 34.7. The first-order chi connectivity index (χ1) is 21.9. The number of benzene rings is 1. The van der Waals surface area contributed by atoms with E-state index in [0.717, 1.165) is 43.0 Å². The van der Waals surface area contributed by atoms with Crippen molar-refractivity contribution in [3.8, 4) is 0 Å². The second-order valence-electron chi connectivity index (χ2n) is 14.8. The Morgan fingerprint density at radius 2 is 1.70 bits per heavy atom. The van der Waals surface area contributed by atoms with Crippen molar-refractivity contribution in [1.82, 2.24) is 0 Å². The fraction of sp³-hybridized carbons (Fsp3) is 0.694. The van der Waals surface area contributed by atoms with Gasteiger partial charge in [-0.2, -0.15) is 0 Å². The molecule has 6 aliphatic rings. The van der Waals surface area contributed by atoms with E-state index in [1.54, 1.807) is 25.1 Å². The van der Waals surface area contributed by atoms with E-state index in [1.165, 1.54) is 0 Å². The van der Waals surface area contributed by atoms with Crippen molar-refractivity contribution in [2.24, 2.45) is 28.6 Å². The van der Waals surface area contributed by atoms with Crippen molar-refractivity contribution in [3.63, 3.8) is 0 Å². The topological polar surface area (TPSA) is 160 Å². The second kappa shape index (κ2) is 12.5. The molecular formula is C36H48O10. The van der Waals surface area contributed by atoms with E-state index in [9.17, 15) is 34.8 Å². The Morgan fingerprint density at radius 3 is 2.33 bits per heavy atom. The second-order valence-corrected chi connectivity index (χ2v) is 14.8. The van der Waals surface area contributed by atoms with Crippen molar-refractivity contribution in [1.29, 1.82) is 0 Å². The summed E-state index contributed by atoms with van der Waals surface area (Å²) in [7, 11) is 0. The van der Waals surface area contributed by atoms with Crippen LogP contribution in [-0.4, -0.2) is 87.5 Å². The summed E-state index contributed by atoms with van der Waals surface area (Å²) in [5, 5.41) is 44.6. The Hall–Kier alpha value is -2.47. The van der Waals surface area contributed by atoms with Crippen LogP contribution in [0.2, 0.25) is 0 Å². The first kappa shape index (κ1) is 33.4. The fourth-order valence-corrected chi connectivity index (χ4v) is 10.3. The van der Waals surface area contributed by atoms with Gasteiger partial charge in [-0.15, -0.1) is 0 Å². The van der Waals surface area contributed by atoms with Gasteiger partial charge in [-0.3, -0.25) is 4.79 Å². The maximum absolute atomic E-state index is 12.9. The van der Waals surface area contributed by atoms with E-state index >= 15 is 0 Å². The number of rotatable bonds is 5. The summed E-state index contributed by atoms with van der Waals surface area (Å²) in [6, 6.07) is 9.10. The first-order valence-electron chi connectivity index (χ1n) is 16.9. The molecule has 12 atom stereocenters. The lowest BCUT2D eigenvalue weighted by atomic mass is 9.41. The normalized spacial score (nSPS) is 46.4. The summed E-state index contributed by atoms with van der Waals surface area (Å²) >= 11 is 0. The smallest absolute Gasteiger partial charge is 0.331 e. The minimum atomic E-state index is -1.24. The summed E-state index contributed by atoms with van der Waals surface area (Å²) in [5.74, 6) is -0.473. The van der Waals surface area contributed by atoms with Gasteiger partial charge in [-0.1, -0.05) is 37.3 Å². The van der Waals surface area contributed by atoms with Gasteiger partial charge in [0, 0.05) is 29.9 Å². The van der Waals surface area contributed by atoms with Gasteiger partial charge >= 0.3 is 5.97 Å². The van der Waals surface area contributed by atoms with Gasteiger partial charge < -0.3 is 39.4 Å². The molecule has 5 fully saturated rings. The number of aliphatic hydroxyl groups is 4. The molecule has 2 heterocycles. The maximum atomic E-state index is 12.9. The molecule has 7 rings (SSSR count). The molecule has 10 heteroatoms. The Kier molecular flexibility index (Phi) is 9.10. The molecule has 0 aromatic heterocycles. The van der Waals surface area contributed by atoms with Crippen LogP contribution in [0.25, 0.3) is 0 Å². The predicted molar refractivity (Wildman–Crippen MR) is 165 cm³/mol. The minimum absolute atomic E-state index is 0.0729. The molecular weight excluding hydrogens is 592 g/mol. The highest BCUT2D eigenvalue weighted by molar-refractivity contribution is 5.85. The standard InChI is InChI=1S/C29H42O9.C7H6O/c1-16-25(33)22(31)12-24(37-16)38-18-3-8-27(15-30)20-4-7-26(2)19(17-11-23(32)36-14-17)6-10-29(26,35)21(20)5-9-28(27,34)13-18;8-6-7-4-2-1-3-5-7/h11,15-16,18-22,24-25,31,33-35H,3-10,12-14H2,1-2H3;1-6H/t16-,18+,19-,20+,21-,22+,24+,25-,26-,27+,28+,29+;/m1./s1.